The number of carbonyl (C=O) groups is 1. The van der Waals surface area contributed by atoms with Crippen molar-refractivity contribution in [3.8, 4) is 17.2 Å². The van der Waals surface area contributed by atoms with Gasteiger partial charge in [0.15, 0.2) is 5.75 Å². The molecule has 3 rings (SSSR count). The Kier molecular flexibility index (Phi) is 6.74. The molecule has 0 spiro atoms. The lowest BCUT2D eigenvalue weighted by atomic mass is 10.1. The number of ether oxygens (including phenoxy) is 3. The summed E-state index contributed by atoms with van der Waals surface area (Å²) < 4.78 is 17.1. The van der Waals surface area contributed by atoms with Crippen molar-refractivity contribution >= 4 is 17.3 Å². The highest BCUT2D eigenvalue weighted by Gasteiger charge is 2.32. The number of pyridine rings is 1. The topological polar surface area (TPSA) is 122 Å². The number of nitro groups is 1. The van der Waals surface area contributed by atoms with Crippen LogP contribution in [0.15, 0.2) is 59.5 Å². The zero-order valence-electron chi connectivity index (χ0n) is 17.7. The van der Waals surface area contributed by atoms with Gasteiger partial charge < -0.3 is 24.1 Å². The van der Waals surface area contributed by atoms with Gasteiger partial charge in [0.2, 0.25) is 11.5 Å². The van der Waals surface area contributed by atoms with Crippen LogP contribution in [-0.2, 0) is 6.54 Å². The molecule has 1 N–H and O–H groups in total. The minimum Gasteiger partial charge on any atom is -0.493 e. The summed E-state index contributed by atoms with van der Waals surface area (Å²) in [5, 5.41) is 14.3. The highest BCUT2D eigenvalue weighted by atomic mass is 16.6. The number of methoxy groups -OCH3 is 3. The average molecular weight is 439 g/mol. The van der Waals surface area contributed by atoms with E-state index >= 15 is 0 Å². The Hall–Kier alpha value is -4.34. The Balaban J connectivity index is 1.89. The molecule has 32 heavy (non-hydrogen) atoms. The Morgan fingerprint density at radius 3 is 2.28 bits per heavy atom. The zero-order chi connectivity index (χ0) is 23.3. The average Bonchev–Trinajstić information content (AvgIpc) is 2.79. The number of hydrogen-bond acceptors (Lipinski definition) is 7. The van der Waals surface area contributed by atoms with Crippen molar-refractivity contribution in [1.82, 2.24) is 4.57 Å². The van der Waals surface area contributed by atoms with Gasteiger partial charge in [0.05, 0.1) is 32.8 Å². The first-order valence-electron chi connectivity index (χ1n) is 9.42. The van der Waals surface area contributed by atoms with E-state index in [9.17, 15) is 19.7 Å². The van der Waals surface area contributed by atoms with Gasteiger partial charge >= 0.3 is 5.69 Å². The molecule has 3 aromatic rings. The SMILES string of the molecule is COc1cc(C(=O)Nc2ccc(Cn3ccccc3=O)cc2)c([N+](=O)[O-])c(OC)c1OC. The summed E-state index contributed by atoms with van der Waals surface area (Å²) >= 11 is 0. The maximum Gasteiger partial charge on any atom is 0.327 e. The van der Waals surface area contributed by atoms with Gasteiger partial charge in [-0.05, 0) is 23.8 Å². The highest BCUT2D eigenvalue weighted by Crippen LogP contribution is 2.46. The van der Waals surface area contributed by atoms with E-state index in [4.69, 9.17) is 14.2 Å². The minimum absolute atomic E-state index is 0.0127. The quantitative estimate of drug-likeness (QED) is 0.423. The van der Waals surface area contributed by atoms with Crippen molar-refractivity contribution < 1.29 is 23.9 Å². The van der Waals surface area contributed by atoms with Crippen LogP contribution in [0.25, 0.3) is 0 Å². The maximum absolute atomic E-state index is 12.9. The number of carbonyl (C=O) groups excluding carboxylic acids is 1. The molecule has 1 amide bonds. The Morgan fingerprint density at radius 2 is 1.72 bits per heavy atom. The summed E-state index contributed by atoms with van der Waals surface area (Å²) in [7, 11) is 3.90. The Bertz CT molecular complexity index is 1200. The summed E-state index contributed by atoms with van der Waals surface area (Å²) in [5.41, 5.74) is 0.351. The van der Waals surface area contributed by atoms with Gasteiger partial charge in [0, 0.05) is 24.0 Å². The molecule has 166 valence electrons. The fraction of sp³-hybridized carbons (Fsp3) is 0.182. The van der Waals surface area contributed by atoms with Crippen LogP contribution in [0.1, 0.15) is 15.9 Å². The van der Waals surface area contributed by atoms with E-state index in [1.54, 1.807) is 47.2 Å². The number of benzene rings is 2. The molecule has 0 atom stereocenters. The molecule has 2 aromatic carbocycles. The molecular formula is C22H21N3O7. The smallest absolute Gasteiger partial charge is 0.327 e. The lowest BCUT2D eigenvalue weighted by Gasteiger charge is -2.15. The molecule has 0 aliphatic rings. The minimum atomic E-state index is -0.719. The van der Waals surface area contributed by atoms with Crippen LogP contribution in [-0.4, -0.2) is 36.7 Å². The number of rotatable bonds is 8. The van der Waals surface area contributed by atoms with E-state index in [2.05, 4.69) is 5.32 Å². The van der Waals surface area contributed by atoms with Gasteiger partial charge in [0.25, 0.3) is 11.5 Å². The van der Waals surface area contributed by atoms with Gasteiger partial charge in [-0.1, -0.05) is 18.2 Å². The molecule has 0 saturated carbocycles. The predicted octanol–water partition coefficient (Wildman–Crippen LogP) is 3.08. The van der Waals surface area contributed by atoms with Gasteiger partial charge in [-0.3, -0.25) is 19.7 Å². The third-order valence-corrected chi connectivity index (χ3v) is 4.69. The molecule has 0 unspecified atom stereocenters. The molecule has 1 heterocycles. The van der Waals surface area contributed by atoms with Crippen LogP contribution >= 0.6 is 0 Å². The number of hydrogen-bond donors (Lipinski definition) is 1. The number of aromatic nitrogens is 1. The fourth-order valence-electron chi connectivity index (χ4n) is 3.18. The van der Waals surface area contributed by atoms with Gasteiger partial charge in [-0.2, -0.15) is 0 Å². The first-order valence-corrected chi connectivity index (χ1v) is 9.42. The second-order valence-corrected chi connectivity index (χ2v) is 6.62. The van der Waals surface area contributed by atoms with Crippen LogP contribution in [0.2, 0.25) is 0 Å². The number of amides is 1. The number of anilines is 1. The lowest BCUT2D eigenvalue weighted by molar-refractivity contribution is -0.386. The second kappa shape index (κ2) is 9.65. The summed E-state index contributed by atoms with van der Waals surface area (Å²) in [6, 6.07) is 12.9. The van der Waals surface area contributed by atoms with E-state index in [-0.39, 0.29) is 28.4 Å². The summed E-state index contributed by atoms with van der Waals surface area (Å²) in [6.07, 6.45) is 1.68. The van der Waals surface area contributed by atoms with Crippen molar-refractivity contribution in [3.05, 3.63) is 86.3 Å². The van der Waals surface area contributed by atoms with Crippen molar-refractivity contribution in [2.75, 3.05) is 26.6 Å². The van der Waals surface area contributed by atoms with Gasteiger partial charge in [0.1, 0.15) is 5.56 Å². The summed E-state index contributed by atoms with van der Waals surface area (Å²) in [5.74, 6) is -0.809. The van der Waals surface area contributed by atoms with E-state index in [1.807, 2.05) is 0 Å². The molecule has 1 aromatic heterocycles. The normalized spacial score (nSPS) is 10.3. The number of nitro benzene ring substituents is 1. The van der Waals surface area contributed by atoms with Crippen LogP contribution in [0.4, 0.5) is 11.4 Å². The van der Waals surface area contributed by atoms with Gasteiger partial charge in [-0.15, -0.1) is 0 Å². The Labute approximate surface area is 183 Å². The first-order chi connectivity index (χ1) is 15.4. The monoisotopic (exact) mass is 439 g/mol. The lowest BCUT2D eigenvalue weighted by Crippen LogP contribution is -2.18. The highest BCUT2D eigenvalue weighted by molar-refractivity contribution is 6.08. The second-order valence-electron chi connectivity index (χ2n) is 6.62. The molecule has 0 bridgehead atoms. The molecule has 0 aliphatic carbocycles. The molecule has 0 saturated heterocycles. The zero-order valence-corrected chi connectivity index (χ0v) is 17.7. The predicted molar refractivity (Wildman–Crippen MR) is 117 cm³/mol. The largest absolute Gasteiger partial charge is 0.493 e. The summed E-state index contributed by atoms with van der Waals surface area (Å²) in [6.45, 7) is 0.367. The fourth-order valence-corrected chi connectivity index (χ4v) is 3.18. The third kappa shape index (κ3) is 4.53. The number of nitrogens with one attached hydrogen (secondary N) is 1. The van der Waals surface area contributed by atoms with E-state index in [0.717, 1.165) is 5.56 Å². The number of nitrogens with zero attached hydrogens (tertiary/aromatic N) is 2. The van der Waals surface area contributed by atoms with Gasteiger partial charge in [-0.25, -0.2) is 0 Å². The van der Waals surface area contributed by atoms with Crippen LogP contribution in [0.5, 0.6) is 17.2 Å². The first kappa shape index (κ1) is 22.3. The van der Waals surface area contributed by atoms with Crippen LogP contribution < -0.4 is 25.1 Å². The van der Waals surface area contributed by atoms with E-state index in [1.165, 1.54) is 33.5 Å². The van der Waals surface area contributed by atoms with E-state index < -0.39 is 16.5 Å². The Morgan fingerprint density at radius 1 is 1.03 bits per heavy atom. The molecule has 0 fully saturated rings. The standard InChI is InChI=1S/C22H21N3O7/c1-30-17-12-16(19(25(28)29)21(32-3)20(17)31-2)22(27)23-15-9-7-14(8-10-15)13-24-11-5-4-6-18(24)26/h4-12H,13H2,1-3H3,(H,23,27). The molecular weight excluding hydrogens is 418 g/mol. The van der Waals surface area contributed by atoms with Crippen molar-refractivity contribution in [2.24, 2.45) is 0 Å². The van der Waals surface area contributed by atoms with Crippen molar-refractivity contribution in [2.45, 2.75) is 6.54 Å². The maximum atomic E-state index is 12.9. The molecule has 0 radical (unpaired) electrons. The molecule has 10 heteroatoms. The summed E-state index contributed by atoms with van der Waals surface area (Å²) in [4.78, 5) is 35.7. The van der Waals surface area contributed by atoms with Crippen molar-refractivity contribution in [3.63, 3.8) is 0 Å². The molecule has 10 nitrogen and oxygen atoms in total. The third-order valence-electron chi connectivity index (χ3n) is 4.69. The van der Waals surface area contributed by atoms with Crippen molar-refractivity contribution in [1.29, 1.82) is 0 Å². The van der Waals surface area contributed by atoms with Crippen LogP contribution in [0.3, 0.4) is 0 Å². The molecule has 0 aliphatic heterocycles. The van der Waals surface area contributed by atoms with Crippen LogP contribution in [0, 0.1) is 10.1 Å². The van der Waals surface area contributed by atoms with E-state index in [0.29, 0.717) is 12.2 Å².